The summed E-state index contributed by atoms with van der Waals surface area (Å²) in [4.78, 5) is 0. The van der Waals surface area contributed by atoms with Gasteiger partial charge in [0, 0.05) is 0 Å². The summed E-state index contributed by atoms with van der Waals surface area (Å²) in [5.41, 5.74) is 0. The van der Waals surface area contributed by atoms with Gasteiger partial charge in [-0.25, -0.2) is 0 Å². The molecule has 0 amide bonds. The Morgan fingerprint density at radius 3 is 1.38 bits per heavy atom. The summed E-state index contributed by atoms with van der Waals surface area (Å²) in [6.45, 7) is 0. The van der Waals surface area contributed by atoms with E-state index in [1.165, 1.54) is 25.7 Å². The van der Waals surface area contributed by atoms with E-state index in [2.05, 4.69) is 109 Å². The minimum atomic E-state index is -1.90. The molecule has 0 aromatic heterocycles. The standard InChI is InChI=1S/C12H10Ge.2C9H11.2ClH.Zr/c1-3-7-11(8-4-1)13-12-9-5-2-6-10-12;2*1-2-5-9-7-3-6-8(9)4-1;;;/h1-10H;2*1-2,4-6,8-9H,3,7H2;2*1H;/q;;;;;+2/p-2. The van der Waals surface area contributed by atoms with Crippen molar-refractivity contribution in [3.63, 3.8) is 0 Å². The third kappa shape index (κ3) is 5.11. The Labute approximate surface area is 226 Å². The van der Waals surface area contributed by atoms with E-state index in [1.54, 1.807) is 8.79 Å². The van der Waals surface area contributed by atoms with Crippen LogP contribution in [0.25, 0.3) is 0 Å². The maximum absolute atomic E-state index is 2.62. The first-order valence-corrected chi connectivity index (χ1v) is 24.8. The summed E-state index contributed by atoms with van der Waals surface area (Å²) >= 11 is -1.90. The Balaban J connectivity index is 0.00000137. The third-order valence-electron chi connectivity index (χ3n) is 8.36. The van der Waals surface area contributed by atoms with Gasteiger partial charge in [0.25, 0.3) is 0 Å². The van der Waals surface area contributed by atoms with Gasteiger partial charge in [-0.1, -0.05) is 0 Å². The molecule has 6 unspecified atom stereocenters. The Kier molecular flexibility index (Phi) is 9.42. The normalized spacial score (nSPS) is 29.9. The predicted octanol–water partition coefficient (Wildman–Crippen LogP) is 0.300. The van der Waals surface area contributed by atoms with Gasteiger partial charge < -0.3 is 24.8 Å². The van der Waals surface area contributed by atoms with Gasteiger partial charge in [-0.05, 0) is 0 Å². The molecule has 0 N–H and O–H groups in total. The molecule has 0 spiro atoms. The number of halogens is 2. The molecule has 2 saturated carbocycles. The SMILES string of the molecule is C1=CC2CC[CH]([Zr+2]([CH]3CCC4C=CC=CC43)=[Ge]([c]3ccccc3)[c]3ccccc3)C2C=C1.[Cl-].[Cl-]. The molecule has 34 heavy (non-hydrogen) atoms. The van der Waals surface area contributed by atoms with Crippen molar-refractivity contribution in [3.05, 3.63) is 109 Å². The Hall–Kier alpha value is -0.594. The molecule has 2 aromatic rings. The molecule has 2 aromatic carbocycles. The van der Waals surface area contributed by atoms with E-state index in [-0.39, 0.29) is 24.8 Å². The zero-order valence-corrected chi connectivity index (χ0v) is 25.5. The number of rotatable bonds is 4. The van der Waals surface area contributed by atoms with Crippen molar-refractivity contribution in [2.24, 2.45) is 23.7 Å². The van der Waals surface area contributed by atoms with Crippen LogP contribution in [0.4, 0.5) is 0 Å². The van der Waals surface area contributed by atoms with Crippen LogP contribution in [0.5, 0.6) is 0 Å². The number of benzene rings is 2. The second-order valence-electron chi connectivity index (χ2n) is 9.95. The van der Waals surface area contributed by atoms with Gasteiger partial charge in [-0.15, -0.1) is 0 Å². The quantitative estimate of drug-likeness (QED) is 0.429. The Morgan fingerprint density at radius 1 is 0.529 bits per heavy atom. The van der Waals surface area contributed by atoms with Crippen LogP contribution < -0.4 is 33.6 Å². The molecule has 0 aliphatic heterocycles. The molecule has 2 fully saturated rings. The van der Waals surface area contributed by atoms with Gasteiger partial charge in [0.1, 0.15) is 0 Å². The van der Waals surface area contributed by atoms with Gasteiger partial charge in [0.05, 0.1) is 0 Å². The Morgan fingerprint density at radius 2 is 0.941 bits per heavy atom. The van der Waals surface area contributed by atoms with E-state index in [9.17, 15) is 0 Å². The summed E-state index contributed by atoms with van der Waals surface area (Å²) in [7, 11) is -1.60. The topological polar surface area (TPSA) is 0 Å². The second kappa shape index (κ2) is 12.1. The Bertz CT molecular complexity index is 1030. The second-order valence-corrected chi connectivity index (χ2v) is 33.4. The van der Waals surface area contributed by atoms with Crippen molar-refractivity contribution in [1.82, 2.24) is 0 Å². The van der Waals surface area contributed by atoms with Crippen LogP contribution in [-0.4, -0.2) is 9.98 Å². The maximum atomic E-state index is 2.62. The molecule has 0 bridgehead atoms. The summed E-state index contributed by atoms with van der Waals surface area (Å²) in [5, 5.41) is 0. The number of fused-ring (bicyclic) bond motifs is 2. The predicted molar refractivity (Wildman–Crippen MR) is 134 cm³/mol. The molecule has 0 saturated heterocycles. The van der Waals surface area contributed by atoms with Crippen LogP contribution in [0.2, 0.25) is 7.25 Å². The zero-order chi connectivity index (χ0) is 21.3. The molecule has 0 heterocycles. The summed E-state index contributed by atoms with van der Waals surface area (Å²) < 4.78 is 5.54. The van der Waals surface area contributed by atoms with Crippen molar-refractivity contribution >= 4 is 18.8 Å². The molecule has 4 heteroatoms. The molecular weight excluding hydrogens is 595 g/mol. The van der Waals surface area contributed by atoms with Crippen molar-refractivity contribution < 1.29 is 43.4 Å². The number of hydrogen-bond acceptors (Lipinski definition) is 0. The van der Waals surface area contributed by atoms with E-state index in [1.807, 2.05) is 0 Å². The zero-order valence-electron chi connectivity index (χ0n) is 19.4. The molecule has 6 rings (SSSR count). The van der Waals surface area contributed by atoms with Crippen molar-refractivity contribution in [1.29, 1.82) is 0 Å². The summed E-state index contributed by atoms with van der Waals surface area (Å²) in [6.07, 6.45) is 25.5. The first-order valence-electron chi connectivity index (χ1n) is 12.4. The minimum absolute atomic E-state index is 0. The average molecular weight is 627 g/mol. The van der Waals surface area contributed by atoms with Crippen molar-refractivity contribution in [2.45, 2.75) is 32.9 Å². The first kappa shape index (κ1) is 26.5. The molecular formula is C30H32Cl2GeZr. The minimum Gasteiger partial charge on any atom is -1.00 e. The third-order valence-corrected chi connectivity index (χ3v) is 44.6. The van der Waals surface area contributed by atoms with Gasteiger partial charge in [0.15, 0.2) is 0 Å². The average Bonchev–Trinajstić information content (AvgIpc) is 3.48. The van der Waals surface area contributed by atoms with Gasteiger partial charge in [0.2, 0.25) is 0 Å². The van der Waals surface area contributed by atoms with Crippen molar-refractivity contribution in [2.75, 3.05) is 0 Å². The smallest absolute Gasteiger partial charge is 1.00 e. The fourth-order valence-corrected chi connectivity index (χ4v) is 51.0. The van der Waals surface area contributed by atoms with Gasteiger partial charge >= 0.3 is 203 Å². The van der Waals surface area contributed by atoms with E-state index in [4.69, 9.17) is 0 Å². The van der Waals surface area contributed by atoms with Crippen LogP contribution >= 0.6 is 0 Å². The fraction of sp³-hybridized carbons (Fsp3) is 0.333. The summed E-state index contributed by atoms with van der Waals surface area (Å²) in [6, 6.07) is 23.7. The summed E-state index contributed by atoms with van der Waals surface area (Å²) in [5.74, 6) is 3.27. The van der Waals surface area contributed by atoms with Crippen molar-refractivity contribution in [3.8, 4) is 0 Å². The van der Waals surface area contributed by atoms with E-state index in [0.29, 0.717) is 0 Å². The molecule has 4 aliphatic carbocycles. The van der Waals surface area contributed by atoms with Crippen LogP contribution in [0.15, 0.2) is 109 Å². The van der Waals surface area contributed by atoms with Crippen LogP contribution in [0.3, 0.4) is 0 Å². The molecule has 0 nitrogen and oxygen atoms in total. The molecule has 174 valence electrons. The monoisotopic (exact) mass is 626 g/mol. The number of allylic oxidation sites excluding steroid dienone is 8. The van der Waals surface area contributed by atoms with E-state index < -0.39 is 28.6 Å². The van der Waals surface area contributed by atoms with Crippen LogP contribution in [0, 0.1) is 23.7 Å². The number of hydrogen-bond donors (Lipinski definition) is 0. The van der Waals surface area contributed by atoms with E-state index in [0.717, 1.165) is 30.9 Å². The van der Waals surface area contributed by atoms with Crippen LogP contribution in [-0.2, 0) is 18.6 Å². The molecule has 4 aliphatic rings. The fourth-order valence-electron chi connectivity index (χ4n) is 6.99. The first-order chi connectivity index (χ1) is 15.9. The largest absolute Gasteiger partial charge is 1.00 e. The molecule has 0 radical (unpaired) electrons. The maximum Gasteiger partial charge on any atom is -1.00 e. The molecule has 6 atom stereocenters. The van der Waals surface area contributed by atoms with Gasteiger partial charge in [-0.2, -0.15) is 0 Å². The van der Waals surface area contributed by atoms with Crippen LogP contribution in [0.1, 0.15) is 25.7 Å². The van der Waals surface area contributed by atoms with E-state index >= 15 is 0 Å². The van der Waals surface area contributed by atoms with Gasteiger partial charge in [-0.3, -0.25) is 0 Å².